The van der Waals surface area contributed by atoms with Crippen molar-refractivity contribution < 1.29 is 9.84 Å². The molecule has 1 atom stereocenters. The third-order valence-corrected chi connectivity index (χ3v) is 2.39. The molecule has 4 N–H and O–H groups in total. The highest BCUT2D eigenvalue weighted by Gasteiger charge is 2.11. The van der Waals surface area contributed by atoms with Gasteiger partial charge in [0, 0.05) is 19.9 Å². The van der Waals surface area contributed by atoms with Gasteiger partial charge in [0.25, 0.3) is 0 Å². The smallest absolute Gasteiger partial charge is 0.149 e. The Hall–Kier alpha value is -1.33. The van der Waals surface area contributed by atoms with Crippen molar-refractivity contribution in [3.05, 3.63) is 17.8 Å². The second-order valence-corrected chi connectivity index (χ2v) is 3.70. The van der Waals surface area contributed by atoms with Crippen LogP contribution in [0.5, 0.6) is 0 Å². The first-order valence-electron chi connectivity index (χ1n) is 5.26. The van der Waals surface area contributed by atoms with E-state index in [1.165, 1.54) is 0 Å². The van der Waals surface area contributed by atoms with Crippen molar-refractivity contribution >= 4 is 11.5 Å². The number of nitrogen functional groups attached to an aromatic ring is 1. The number of pyridine rings is 1. The summed E-state index contributed by atoms with van der Waals surface area (Å²) in [6.45, 7) is 2.54. The number of methoxy groups -OCH3 is 1. The Kier molecular flexibility index (Phi) is 5.01. The van der Waals surface area contributed by atoms with E-state index in [2.05, 4.69) is 10.3 Å². The van der Waals surface area contributed by atoms with Crippen LogP contribution in [0.3, 0.4) is 0 Å². The summed E-state index contributed by atoms with van der Waals surface area (Å²) in [5.74, 6) is 0.649. The van der Waals surface area contributed by atoms with E-state index in [0.29, 0.717) is 24.5 Å². The number of anilines is 2. The number of nitrogens with zero attached hydrogens (tertiary/aromatic N) is 1. The molecule has 0 radical (unpaired) electrons. The van der Waals surface area contributed by atoms with Gasteiger partial charge in [-0.3, -0.25) is 0 Å². The summed E-state index contributed by atoms with van der Waals surface area (Å²) in [7, 11) is 1.62. The normalized spacial score (nSPS) is 12.4. The Labute approximate surface area is 95.6 Å². The zero-order valence-corrected chi connectivity index (χ0v) is 9.73. The molecule has 5 nitrogen and oxygen atoms in total. The predicted octanol–water partition coefficient (Wildman–Crippen LogP) is 0.782. The van der Waals surface area contributed by atoms with Crippen molar-refractivity contribution in [1.82, 2.24) is 4.98 Å². The number of aromatic nitrogens is 1. The Morgan fingerprint density at radius 1 is 1.62 bits per heavy atom. The molecule has 16 heavy (non-hydrogen) atoms. The fourth-order valence-electron chi connectivity index (χ4n) is 1.43. The Morgan fingerprint density at radius 2 is 2.38 bits per heavy atom. The Morgan fingerprint density at radius 3 is 3.00 bits per heavy atom. The summed E-state index contributed by atoms with van der Waals surface area (Å²) >= 11 is 0. The number of rotatable bonds is 6. The minimum Gasteiger partial charge on any atom is -0.396 e. The molecular formula is C11H19N3O2. The lowest BCUT2D eigenvalue weighted by atomic mass is 10.2. The average Bonchev–Trinajstić information content (AvgIpc) is 2.25. The van der Waals surface area contributed by atoms with Crippen LogP contribution in [0.4, 0.5) is 11.5 Å². The van der Waals surface area contributed by atoms with Crippen LogP contribution in [0, 0.1) is 6.92 Å². The fourth-order valence-corrected chi connectivity index (χ4v) is 1.43. The largest absolute Gasteiger partial charge is 0.396 e. The molecule has 0 saturated heterocycles. The van der Waals surface area contributed by atoms with E-state index >= 15 is 0 Å². The molecule has 0 bridgehead atoms. The maximum absolute atomic E-state index is 8.92. The van der Waals surface area contributed by atoms with Gasteiger partial charge >= 0.3 is 0 Å². The lowest BCUT2D eigenvalue weighted by Gasteiger charge is -2.19. The van der Waals surface area contributed by atoms with Crippen LogP contribution in [0.1, 0.15) is 12.0 Å². The van der Waals surface area contributed by atoms with Gasteiger partial charge in [0.2, 0.25) is 0 Å². The van der Waals surface area contributed by atoms with Crippen LogP contribution in [0.2, 0.25) is 0 Å². The third-order valence-electron chi connectivity index (χ3n) is 2.39. The van der Waals surface area contributed by atoms with Crippen LogP contribution < -0.4 is 11.1 Å². The van der Waals surface area contributed by atoms with Crippen molar-refractivity contribution in [3.63, 3.8) is 0 Å². The number of hydrogen-bond acceptors (Lipinski definition) is 5. The number of hydrogen-bond donors (Lipinski definition) is 3. The van der Waals surface area contributed by atoms with Crippen molar-refractivity contribution in [2.45, 2.75) is 19.4 Å². The summed E-state index contributed by atoms with van der Waals surface area (Å²) in [5, 5.41) is 12.1. The Bertz CT molecular complexity index is 325. The lowest BCUT2D eigenvalue weighted by molar-refractivity contribution is 0.170. The standard InChI is InChI=1S/C11H19N3O2/c1-8-3-5-13-11(10(8)12)14-9(4-6-15)7-16-2/h3,5,9,15H,4,6-7,12H2,1-2H3,(H,13,14). The van der Waals surface area contributed by atoms with Gasteiger partial charge < -0.3 is 20.9 Å². The monoisotopic (exact) mass is 225 g/mol. The number of nitrogens with two attached hydrogens (primary N) is 1. The molecule has 0 fully saturated rings. The van der Waals surface area contributed by atoms with Gasteiger partial charge in [0.1, 0.15) is 5.82 Å². The van der Waals surface area contributed by atoms with Crippen molar-refractivity contribution in [2.24, 2.45) is 0 Å². The summed E-state index contributed by atoms with van der Waals surface area (Å²) in [4.78, 5) is 4.17. The summed E-state index contributed by atoms with van der Waals surface area (Å²) in [5.41, 5.74) is 7.52. The van der Waals surface area contributed by atoms with Crippen molar-refractivity contribution in [1.29, 1.82) is 0 Å². The quantitative estimate of drug-likeness (QED) is 0.666. The summed E-state index contributed by atoms with van der Waals surface area (Å²) in [6, 6.07) is 1.88. The highest BCUT2D eigenvalue weighted by atomic mass is 16.5. The third kappa shape index (κ3) is 3.36. The van der Waals surface area contributed by atoms with Crippen molar-refractivity contribution in [3.8, 4) is 0 Å². The molecule has 5 heteroatoms. The number of aliphatic hydroxyl groups excluding tert-OH is 1. The van der Waals surface area contributed by atoms with Gasteiger partial charge in [0.15, 0.2) is 0 Å². The van der Waals surface area contributed by atoms with Gasteiger partial charge in [-0.25, -0.2) is 4.98 Å². The van der Waals surface area contributed by atoms with Gasteiger partial charge in [-0.2, -0.15) is 0 Å². The molecule has 90 valence electrons. The summed E-state index contributed by atoms with van der Waals surface area (Å²) in [6.07, 6.45) is 2.31. The average molecular weight is 225 g/mol. The van der Waals surface area contributed by atoms with Crippen LogP contribution in [0.25, 0.3) is 0 Å². The molecule has 1 aromatic heterocycles. The molecule has 1 unspecified atom stereocenters. The predicted molar refractivity (Wildman–Crippen MR) is 64.4 cm³/mol. The van der Waals surface area contributed by atoms with Crippen LogP contribution in [0.15, 0.2) is 12.3 Å². The van der Waals surface area contributed by atoms with Crippen LogP contribution >= 0.6 is 0 Å². The Balaban J connectivity index is 2.72. The molecule has 1 heterocycles. The van der Waals surface area contributed by atoms with E-state index in [4.69, 9.17) is 15.6 Å². The molecule has 0 spiro atoms. The minimum atomic E-state index is 0.0200. The maximum Gasteiger partial charge on any atom is 0.149 e. The first-order valence-corrected chi connectivity index (χ1v) is 5.26. The molecule has 0 aliphatic carbocycles. The van der Waals surface area contributed by atoms with E-state index in [1.807, 2.05) is 13.0 Å². The highest BCUT2D eigenvalue weighted by Crippen LogP contribution is 2.19. The fraction of sp³-hybridized carbons (Fsp3) is 0.545. The van der Waals surface area contributed by atoms with Gasteiger partial charge in [-0.15, -0.1) is 0 Å². The molecule has 0 aromatic carbocycles. The van der Waals surface area contributed by atoms with E-state index in [0.717, 1.165) is 5.56 Å². The molecular weight excluding hydrogens is 206 g/mol. The van der Waals surface area contributed by atoms with E-state index in [-0.39, 0.29) is 12.6 Å². The second-order valence-electron chi connectivity index (χ2n) is 3.70. The van der Waals surface area contributed by atoms with Crippen LogP contribution in [-0.2, 0) is 4.74 Å². The first-order chi connectivity index (χ1) is 7.69. The molecule has 0 aliphatic rings. The van der Waals surface area contributed by atoms with E-state index in [9.17, 15) is 0 Å². The second kappa shape index (κ2) is 6.30. The zero-order chi connectivity index (χ0) is 12.0. The van der Waals surface area contributed by atoms with Gasteiger partial charge in [-0.05, 0) is 25.0 Å². The first kappa shape index (κ1) is 12.7. The lowest BCUT2D eigenvalue weighted by Crippen LogP contribution is -2.27. The molecule has 0 saturated carbocycles. The van der Waals surface area contributed by atoms with E-state index < -0.39 is 0 Å². The topological polar surface area (TPSA) is 80.4 Å². The SMILES string of the molecule is COCC(CCO)Nc1nccc(C)c1N. The van der Waals surface area contributed by atoms with E-state index in [1.54, 1.807) is 13.3 Å². The highest BCUT2D eigenvalue weighted by molar-refractivity contribution is 5.65. The molecule has 1 aromatic rings. The summed E-state index contributed by atoms with van der Waals surface area (Å²) < 4.78 is 5.06. The number of aryl methyl sites for hydroxylation is 1. The molecule has 1 rings (SSSR count). The van der Waals surface area contributed by atoms with Gasteiger partial charge in [0.05, 0.1) is 18.3 Å². The maximum atomic E-state index is 8.92. The molecule has 0 amide bonds. The van der Waals surface area contributed by atoms with Crippen molar-refractivity contribution in [2.75, 3.05) is 31.4 Å². The number of aliphatic hydroxyl groups is 1. The minimum absolute atomic E-state index is 0.0200. The number of nitrogens with one attached hydrogen (secondary N) is 1. The molecule has 0 aliphatic heterocycles. The number of ether oxygens (including phenoxy) is 1. The van der Waals surface area contributed by atoms with Crippen LogP contribution in [-0.4, -0.2) is 36.5 Å². The zero-order valence-electron chi connectivity index (χ0n) is 9.73. The van der Waals surface area contributed by atoms with Gasteiger partial charge in [-0.1, -0.05) is 0 Å².